The number of allylic oxidation sites excluding steroid dienone is 1. The van der Waals surface area contributed by atoms with E-state index in [-0.39, 0.29) is 0 Å². The highest BCUT2D eigenvalue weighted by molar-refractivity contribution is 5.40. The summed E-state index contributed by atoms with van der Waals surface area (Å²) in [6.07, 6.45) is 12.1. The van der Waals surface area contributed by atoms with Crippen molar-refractivity contribution in [3.8, 4) is 0 Å². The minimum absolute atomic E-state index is 0.322. The van der Waals surface area contributed by atoms with Crippen molar-refractivity contribution in [2.75, 3.05) is 0 Å². The van der Waals surface area contributed by atoms with Crippen LogP contribution in [0.25, 0.3) is 0 Å². The van der Waals surface area contributed by atoms with Crippen LogP contribution in [0.5, 0.6) is 0 Å². The van der Waals surface area contributed by atoms with E-state index in [0.717, 1.165) is 23.7 Å². The van der Waals surface area contributed by atoms with E-state index in [4.69, 9.17) is 4.74 Å². The molecule has 5 aliphatic rings. The summed E-state index contributed by atoms with van der Waals surface area (Å²) >= 11 is 0. The predicted molar refractivity (Wildman–Crippen MR) is 57.3 cm³/mol. The molecule has 3 saturated carbocycles. The monoisotopic (exact) mass is 202 g/mol. The SMILES string of the molecule is C1=C(C23OC2C2CCC3C2)C2CCC1C2. The van der Waals surface area contributed by atoms with Crippen LogP contribution in [0.1, 0.15) is 38.5 Å². The zero-order chi connectivity index (χ0) is 9.62. The van der Waals surface area contributed by atoms with Gasteiger partial charge in [0.1, 0.15) is 5.60 Å². The van der Waals surface area contributed by atoms with Crippen LogP contribution in [0.15, 0.2) is 11.6 Å². The van der Waals surface area contributed by atoms with E-state index in [1.165, 1.54) is 38.5 Å². The average Bonchev–Trinajstić information content (AvgIpc) is 2.77. The first-order valence-corrected chi connectivity index (χ1v) is 6.78. The van der Waals surface area contributed by atoms with Gasteiger partial charge in [-0.3, -0.25) is 0 Å². The third-order valence-electron chi connectivity index (χ3n) is 5.97. The Balaban J connectivity index is 1.59. The molecule has 0 N–H and O–H groups in total. The zero-order valence-electron chi connectivity index (χ0n) is 9.11. The molecule has 1 aliphatic heterocycles. The minimum Gasteiger partial charge on any atom is -0.361 e. The van der Waals surface area contributed by atoms with Gasteiger partial charge in [0.05, 0.1) is 6.10 Å². The topological polar surface area (TPSA) is 12.5 Å². The number of ether oxygens (including phenoxy) is 1. The molecule has 15 heavy (non-hydrogen) atoms. The lowest BCUT2D eigenvalue weighted by Crippen LogP contribution is -2.28. The van der Waals surface area contributed by atoms with Gasteiger partial charge in [-0.15, -0.1) is 0 Å². The smallest absolute Gasteiger partial charge is 0.119 e. The Bertz CT molecular complexity index is 372. The lowest BCUT2D eigenvalue weighted by atomic mass is 9.77. The number of epoxide rings is 1. The van der Waals surface area contributed by atoms with E-state index in [9.17, 15) is 0 Å². The summed E-state index contributed by atoms with van der Waals surface area (Å²) in [6.45, 7) is 0. The van der Waals surface area contributed by atoms with Gasteiger partial charge in [-0.05, 0) is 67.8 Å². The van der Waals surface area contributed by atoms with E-state index < -0.39 is 0 Å². The van der Waals surface area contributed by atoms with E-state index in [1.807, 2.05) is 0 Å². The van der Waals surface area contributed by atoms with Crippen molar-refractivity contribution in [1.29, 1.82) is 0 Å². The molecule has 5 rings (SSSR count). The van der Waals surface area contributed by atoms with Gasteiger partial charge in [0, 0.05) is 0 Å². The molecule has 6 atom stereocenters. The second-order valence-corrected chi connectivity index (χ2v) is 6.49. The van der Waals surface area contributed by atoms with Gasteiger partial charge in [0.25, 0.3) is 0 Å². The fourth-order valence-corrected chi connectivity index (χ4v) is 5.39. The Morgan fingerprint density at radius 3 is 2.80 bits per heavy atom. The van der Waals surface area contributed by atoms with Crippen LogP contribution in [0.3, 0.4) is 0 Å². The summed E-state index contributed by atoms with van der Waals surface area (Å²) < 4.78 is 6.20. The fraction of sp³-hybridized carbons (Fsp3) is 0.857. The van der Waals surface area contributed by atoms with E-state index >= 15 is 0 Å². The molecule has 1 heteroatoms. The summed E-state index contributed by atoms with van der Waals surface area (Å²) in [5, 5.41) is 0. The highest BCUT2D eigenvalue weighted by Crippen LogP contribution is 2.70. The molecule has 0 amide bonds. The first-order chi connectivity index (χ1) is 7.38. The maximum absolute atomic E-state index is 6.20. The summed E-state index contributed by atoms with van der Waals surface area (Å²) in [5.74, 6) is 3.72. The van der Waals surface area contributed by atoms with E-state index in [2.05, 4.69) is 6.08 Å². The molecule has 4 fully saturated rings. The average molecular weight is 202 g/mol. The van der Waals surface area contributed by atoms with Crippen molar-refractivity contribution in [3.63, 3.8) is 0 Å². The molecule has 0 aromatic heterocycles. The van der Waals surface area contributed by atoms with Crippen molar-refractivity contribution in [3.05, 3.63) is 11.6 Å². The fourth-order valence-electron chi connectivity index (χ4n) is 5.39. The number of hydrogen-bond donors (Lipinski definition) is 0. The Morgan fingerprint density at radius 2 is 2.13 bits per heavy atom. The molecule has 0 spiro atoms. The molecule has 80 valence electrons. The lowest BCUT2D eigenvalue weighted by molar-refractivity contribution is 0.210. The molecule has 1 heterocycles. The highest BCUT2D eigenvalue weighted by atomic mass is 16.6. The van der Waals surface area contributed by atoms with E-state index in [0.29, 0.717) is 11.7 Å². The maximum atomic E-state index is 6.20. The van der Waals surface area contributed by atoms with Crippen molar-refractivity contribution >= 4 is 0 Å². The summed E-state index contributed by atoms with van der Waals surface area (Å²) in [4.78, 5) is 0. The van der Waals surface area contributed by atoms with Crippen LogP contribution in [0, 0.1) is 23.7 Å². The minimum atomic E-state index is 0.322. The van der Waals surface area contributed by atoms with Crippen LogP contribution in [0.2, 0.25) is 0 Å². The molecule has 4 aliphatic carbocycles. The second kappa shape index (κ2) is 2.20. The number of rotatable bonds is 1. The van der Waals surface area contributed by atoms with Gasteiger partial charge in [0.15, 0.2) is 0 Å². The first kappa shape index (κ1) is 7.89. The molecule has 4 bridgehead atoms. The Morgan fingerprint density at radius 1 is 1.13 bits per heavy atom. The number of fused-ring (bicyclic) bond motifs is 7. The van der Waals surface area contributed by atoms with Gasteiger partial charge in [-0.25, -0.2) is 0 Å². The second-order valence-electron chi connectivity index (χ2n) is 6.49. The van der Waals surface area contributed by atoms with Crippen molar-refractivity contribution < 1.29 is 4.74 Å². The Labute approximate surface area is 90.9 Å². The van der Waals surface area contributed by atoms with Crippen molar-refractivity contribution in [2.45, 2.75) is 50.2 Å². The molecular weight excluding hydrogens is 184 g/mol. The summed E-state index contributed by atoms with van der Waals surface area (Å²) in [7, 11) is 0. The maximum Gasteiger partial charge on any atom is 0.119 e. The van der Waals surface area contributed by atoms with Gasteiger partial charge in [-0.1, -0.05) is 6.08 Å². The molecule has 0 radical (unpaired) electrons. The standard InChI is InChI=1S/C14H18O/c1-2-9-5-8(1)6-12(9)14-11-4-3-10(7-11)13(14)15-14/h6,8-11,13H,1-5,7H2. The largest absolute Gasteiger partial charge is 0.361 e. The molecule has 0 aromatic rings. The van der Waals surface area contributed by atoms with Crippen molar-refractivity contribution in [1.82, 2.24) is 0 Å². The van der Waals surface area contributed by atoms with Gasteiger partial charge >= 0.3 is 0 Å². The summed E-state index contributed by atoms with van der Waals surface area (Å²) in [5.41, 5.74) is 2.10. The first-order valence-electron chi connectivity index (χ1n) is 6.78. The van der Waals surface area contributed by atoms with Gasteiger partial charge < -0.3 is 4.74 Å². The third-order valence-corrected chi connectivity index (χ3v) is 5.97. The van der Waals surface area contributed by atoms with Gasteiger partial charge in [0.2, 0.25) is 0 Å². The molecular formula is C14H18O. The Kier molecular flexibility index (Phi) is 1.16. The predicted octanol–water partition coefficient (Wildman–Crippen LogP) is 2.91. The van der Waals surface area contributed by atoms with E-state index in [1.54, 1.807) is 5.57 Å². The summed E-state index contributed by atoms with van der Waals surface area (Å²) in [6, 6.07) is 0. The molecule has 1 saturated heterocycles. The van der Waals surface area contributed by atoms with Crippen LogP contribution in [0.4, 0.5) is 0 Å². The third kappa shape index (κ3) is 0.730. The normalized spacial score (nSPS) is 63.5. The van der Waals surface area contributed by atoms with Crippen LogP contribution in [-0.2, 0) is 4.74 Å². The molecule has 1 nitrogen and oxygen atoms in total. The van der Waals surface area contributed by atoms with Crippen LogP contribution < -0.4 is 0 Å². The zero-order valence-corrected chi connectivity index (χ0v) is 9.11. The highest BCUT2D eigenvalue weighted by Gasteiger charge is 2.74. The quantitative estimate of drug-likeness (QED) is 0.470. The molecule has 6 unspecified atom stereocenters. The van der Waals surface area contributed by atoms with Crippen molar-refractivity contribution in [2.24, 2.45) is 23.7 Å². The lowest BCUT2D eigenvalue weighted by Gasteiger charge is -2.25. The molecule has 0 aromatic carbocycles. The van der Waals surface area contributed by atoms with Gasteiger partial charge in [-0.2, -0.15) is 0 Å². The number of hydrogen-bond acceptors (Lipinski definition) is 1. The van der Waals surface area contributed by atoms with Crippen LogP contribution in [-0.4, -0.2) is 11.7 Å². The van der Waals surface area contributed by atoms with Crippen LogP contribution >= 0.6 is 0 Å². The Hall–Kier alpha value is -0.300.